The van der Waals surface area contributed by atoms with E-state index < -0.39 is 0 Å². The second-order valence-corrected chi connectivity index (χ2v) is 5.09. The number of nitrogens with zero attached hydrogens (tertiary/aromatic N) is 2. The van der Waals surface area contributed by atoms with Gasteiger partial charge in [-0.1, -0.05) is 0 Å². The zero-order valence-corrected chi connectivity index (χ0v) is 11.1. The highest BCUT2D eigenvalue weighted by atomic mass is 19.1. The summed E-state index contributed by atoms with van der Waals surface area (Å²) in [6.45, 7) is 1.97. The molecule has 20 heavy (non-hydrogen) atoms. The molecule has 104 valence electrons. The van der Waals surface area contributed by atoms with Crippen molar-refractivity contribution in [2.75, 3.05) is 18.8 Å². The molecule has 1 unspecified atom stereocenters. The van der Waals surface area contributed by atoms with Gasteiger partial charge in [0.05, 0.1) is 11.4 Å². The SMILES string of the molecule is Nc1nc(-c2ccc(F)cc2)cc(C2CCCNC2)n1. The molecule has 1 aliphatic heterocycles. The smallest absolute Gasteiger partial charge is 0.220 e. The van der Waals surface area contributed by atoms with Gasteiger partial charge in [-0.2, -0.15) is 0 Å². The number of piperidine rings is 1. The Bertz CT molecular complexity index is 591. The molecule has 0 spiro atoms. The van der Waals surface area contributed by atoms with Gasteiger partial charge in [0.1, 0.15) is 5.82 Å². The molecule has 3 N–H and O–H groups in total. The first-order chi connectivity index (χ1) is 9.72. The molecule has 1 aromatic heterocycles. The third-order valence-electron chi connectivity index (χ3n) is 3.62. The molecule has 3 rings (SSSR count). The highest BCUT2D eigenvalue weighted by molar-refractivity contribution is 5.60. The molecule has 0 radical (unpaired) electrons. The molecule has 0 amide bonds. The van der Waals surface area contributed by atoms with Crippen molar-refractivity contribution < 1.29 is 4.39 Å². The largest absolute Gasteiger partial charge is 0.368 e. The monoisotopic (exact) mass is 272 g/mol. The first kappa shape index (κ1) is 13.0. The van der Waals surface area contributed by atoms with Crippen LogP contribution in [0.2, 0.25) is 0 Å². The van der Waals surface area contributed by atoms with Crippen molar-refractivity contribution in [1.82, 2.24) is 15.3 Å². The predicted molar refractivity (Wildman–Crippen MR) is 76.7 cm³/mol. The fraction of sp³-hybridized carbons (Fsp3) is 0.333. The van der Waals surface area contributed by atoms with Crippen LogP contribution in [-0.4, -0.2) is 23.1 Å². The average molecular weight is 272 g/mol. The Morgan fingerprint density at radius 1 is 1.20 bits per heavy atom. The van der Waals surface area contributed by atoms with Gasteiger partial charge in [-0.05, 0) is 49.7 Å². The summed E-state index contributed by atoms with van der Waals surface area (Å²) in [7, 11) is 0. The predicted octanol–water partition coefficient (Wildman–Crippen LogP) is 2.33. The molecule has 2 aromatic rings. The first-order valence-corrected chi connectivity index (χ1v) is 6.83. The van der Waals surface area contributed by atoms with Gasteiger partial charge in [-0.3, -0.25) is 0 Å². The van der Waals surface area contributed by atoms with Crippen LogP contribution in [0.15, 0.2) is 30.3 Å². The Hall–Kier alpha value is -2.01. The summed E-state index contributed by atoms with van der Waals surface area (Å²) in [5.41, 5.74) is 8.38. The molecule has 0 bridgehead atoms. The molecule has 1 saturated heterocycles. The van der Waals surface area contributed by atoms with Crippen LogP contribution in [0.4, 0.5) is 10.3 Å². The van der Waals surface area contributed by atoms with Crippen LogP contribution >= 0.6 is 0 Å². The number of benzene rings is 1. The zero-order chi connectivity index (χ0) is 13.9. The number of halogens is 1. The molecule has 0 aliphatic carbocycles. The van der Waals surface area contributed by atoms with E-state index >= 15 is 0 Å². The van der Waals surface area contributed by atoms with Crippen LogP contribution in [0.3, 0.4) is 0 Å². The van der Waals surface area contributed by atoms with Crippen LogP contribution in [0, 0.1) is 5.82 Å². The van der Waals surface area contributed by atoms with Gasteiger partial charge < -0.3 is 11.1 Å². The lowest BCUT2D eigenvalue weighted by Crippen LogP contribution is -2.29. The van der Waals surface area contributed by atoms with E-state index in [0.29, 0.717) is 5.92 Å². The molecule has 5 heteroatoms. The lowest BCUT2D eigenvalue weighted by atomic mass is 9.95. The average Bonchev–Trinajstić information content (AvgIpc) is 2.48. The highest BCUT2D eigenvalue weighted by Gasteiger charge is 2.18. The number of anilines is 1. The summed E-state index contributed by atoms with van der Waals surface area (Å²) < 4.78 is 13.0. The molecule has 1 aliphatic rings. The van der Waals surface area contributed by atoms with Crippen molar-refractivity contribution in [3.63, 3.8) is 0 Å². The lowest BCUT2D eigenvalue weighted by molar-refractivity contribution is 0.454. The summed E-state index contributed by atoms with van der Waals surface area (Å²) >= 11 is 0. The van der Waals surface area contributed by atoms with Crippen molar-refractivity contribution in [3.8, 4) is 11.3 Å². The molecule has 1 atom stereocenters. The normalized spacial score (nSPS) is 18.9. The maximum absolute atomic E-state index is 13.0. The number of hydrogen-bond donors (Lipinski definition) is 2. The van der Waals surface area contributed by atoms with Crippen LogP contribution in [0.25, 0.3) is 11.3 Å². The van der Waals surface area contributed by atoms with Crippen molar-refractivity contribution in [1.29, 1.82) is 0 Å². The summed E-state index contributed by atoms with van der Waals surface area (Å²) in [6.07, 6.45) is 2.24. The van der Waals surface area contributed by atoms with Crippen LogP contribution in [-0.2, 0) is 0 Å². The summed E-state index contributed by atoms with van der Waals surface area (Å²) in [5.74, 6) is 0.383. The Labute approximate surface area is 117 Å². The van der Waals surface area contributed by atoms with Crippen LogP contribution in [0.1, 0.15) is 24.5 Å². The highest BCUT2D eigenvalue weighted by Crippen LogP contribution is 2.26. The van der Waals surface area contributed by atoms with Crippen molar-refractivity contribution in [2.45, 2.75) is 18.8 Å². The number of nitrogens with two attached hydrogens (primary N) is 1. The van der Waals surface area contributed by atoms with Gasteiger partial charge >= 0.3 is 0 Å². The van der Waals surface area contributed by atoms with Crippen LogP contribution in [0.5, 0.6) is 0 Å². The lowest BCUT2D eigenvalue weighted by Gasteiger charge is -2.22. The van der Waals surface area contributed by atoms with E-state index in [-0.39, 0.29) is 11.8 Å². The van der Waals surface area contributed by atoms with Gasteiger partial charge in [-0.25, -0.2) is 14.4 Å². The molecule has 0 saturated carbocycles. The Kier molecular flexibility index (Phi) is 3.60. The number of nitrogens with one attached hydrogen (secondary N) is 1. The topological polar surface area (TPSA) is 63.8 Å². The number of nitrogen functional groups attached to an aromatic ring is 1. The minimum absolute atomic E-state index is 0.257. The number of rotatable bonds is 2. The van der Waals surface area contributed by atoms with E-state index in [1.165, 1.54) is 12.1 Å². The number of aromatic nitrogens is 2. The van der Waals surface area contributed by atoms with E-state index in [9.17, 15) is 4.39 Å². The Morgan fingerprint density at radius 3 is 2.70 bits per heavy atom. The third-order valence-corrected chi connectivity index (χ3v) is 3.62. The van der Waals surface area contributed by atoms with Crippen molar-refractivity contribution in [3.05, 3.63) is 41.8 Å². The zero-order valence-electron chi connectivity index (χ0n) is 11.1. The summed E-state index contributed by atoms with van der Waals surface area (Å²) in [6, 6.07) is 8.23. The molecule has 1 fully saturated rings. The van der Waals surface area contributed by atoms with E-state index in [2.05, 4.69) is 15.3 Å². The molecule has 1 aromatic carbocycles. The first-order valence-electron chi connectivity index (χ1n) is 6.83. The van der Waals surface area contributed by atoms with Crippen molar-refractivity contribution in [2.24, 2.45) is 0 Å². The van der Waals surface area contributed by atoms with E-state index in [1.54, 1.807) is 12.1 Å². The molecule has 2 heterocycles. The fourth-order valence-corrected chi connectivity index (χ4v) is 2.57. The minimum atomic E-state index is -0.257. The maximum atomic E-state index is 13.0. The summed E-state index contributed by atoms with van der Waals surface area (Å²) in [4.78, 5) is 8.61. The molecular formula is C15H17FN4. The van der Waals surface area contributed by atoms with Gasteiger partial charge in [0.2, 0.25) is 5.95 Å². The number of hydrogen-bond acceptors (Lipinski definition) is 4. The third kappa shape index (κ3) is 2.77. The fourth-order valence-electron chi connectivity index (χ4n) is 2.57. The second kappa shape index (κ2) is 5.54. The van der Waals surface area contributed by atoms with E-state index in [1.807, 2.05) is 6.07 Å². The van der Waals surface area contributed by atoms with Gasteiger partial charge in [0.15, 0.2) is 0 Å². The van der Waals surface area contributed by atoms with E-state index in [0.717, 1.165) is 42.9 Å². The van der Waals surface area contributed by atoms with Crippen molar-refractivity contribution >= 4 is 5.95 Å². The van der Waals surface area contributed by atoms with Gasteiger partial charge in [-0.15, -0.1) is 0 Å². The van der Waals surface area contributed by atoms with E-state index in [4.69, 9.17) is 5.73 Å². The maximum Gasteiger partial charge on any atom is 0.220 e. The standard InChI is InChI=1S/C15H17FN4/c16-12-5-3-10(4-6-12)13-8-14(20-15(17)19-13)11-2-1-7-18-9-11/h3-6,8,11,18H,1-2,7,9H2,(H2,17,19,20). The molecular weight excluding hydrogens is 255 g/mol. The minimum Gasteiger partial charge on any atom is -0.368 e. The molecule has 4 nitrogen and oxygen atoms in total. The summed E-state index contributed by atoms with van der Waals surface area (Å²) in [5, 5.41) is 3.37. The Balaban J connectivity index is 1.95. The quantitative estimate of drug-likeness (QED) is 0.880. The Morgan fingerprint density at radius 2 is 2.00 bits per heavy atom. The van der Waals surface area contributed by atoms with Crippen LogP contribution < -0.4 is 11.1 Å². The second-order valence-electron chi connectivity index (χ2n) is 5.09. The van der Waals surface area contributed by atoms with Gasteiger partial charge in [0.25, 0.3) is 0 Å². The van der Waals surface area contributed by atoms with Gasteiger partial charge in [0, 0.05) is 18.0 Å².